The fourth-order valence-corrected chi connectivity index (χ4v) is 1.35. The standard InChI is InChI=1S/C6H6BrNO3S.Na/c7-5-1-3-6(4-2-5)8-12(9,10)11;/h1-4,8H,(H,9,10,11);/q;+1/p-1. The molecule has 13 heavy (non-hydrogen) atoms. The molecule has 0 radical (unpaired) electrons. The van der Waals surface area contributed by atoms with E-state index in [2.05, 4.69) is 15.9 Å². The molecule has 0 aromatic heterocycles. The summed E-state index contributed by atoms with van der Waals surface area (Å²) in [5, 5.41) is 0. The monoisotopic (exact) mass is 273 g/mol. The third-order valence-electron chi connectivity index (χ3n) is 1.09. The van der Waals surface area contributed by atoms with Gasteiger partial charge in [-0.05, 0) is 24.3 Å². The van der Waals surface area contributed by atoms with Gasteiger partial charge in [0.25, 0.3) is 0 Å². The molecule has 1 rings (SSSR count). The third kappa shape index (κ3) is 5.66. The fraction of sp³-hybridized carbons (Fsp3) is 0. The molecule has 0 saturated heterocycles. The van der Waals surface area contributed by atoms with Gasteiger partial charge in [-0.3, -0.25) is 4.72 Å². The van der Waals surface area contributed by atoms with Crippen molar-refractivity contribution in [3.63, 3.8) is 0 Å². The average molecular weight is 274 g/mol. The molecule has 1 aromatic rings. The summed E-state index contributed by atoms with van der Waals surface area (Å²) < 4.78 is 33.2. The molecule has 0 bridgehead atoms. The molecule has 0 atom stereocenters. The number of rotatable bonds is 2. The third-order valence-corrected chi connectivity index (χ3v) is 2.10. The molecule has 7 heteroatoms. The predicted molar refractivity (Wildman–Crippen MR) is 47.5 cm³/mol. The van der Waals surface area contributed by atoms with Crippen LogP contribution in [0.3, 0.4) is 0 Å². The first-order valence-electron chi connectivity index (χ1n) is 2.96. The van der Waals surface area contributed by atoms with Gasteiger partial charge in [-0.2, -0.15) is 0 Å². The van der Waals surface area contributed by atoms with Gasteiger partial charge in [-0.1, -0.05) is 15.9 Å². The van der Waals surface area contributed by atoms with Crippen molar-refractivity contribution in [2.45, 2.75) is 0 Å². The number of hydrogen-bond acceptors (Lipinski definition) is 3. The Morgan fingerprint density at radius 2 is 1.69 bits per heavy atom. The molecule has 0 saturated carbocycles. The maximum Gasteiger partial charge on any atom is 1.00 e. The fourth-order valence-electron chi connectivity index (χ4n) is 0.662. The van der Waals surface area contributed by atoms with Crippen molar-refractivity contribution in [2.24, 2.45) is 0 Å². The Morgan fingerprint density at radius 3 is 2.08 bits per heavy atom. The van der Waals surface area contributed by atoms with E-state index in [1.165, 1.54) is 12.1 Å². The van der Waals surface area contributed by atoms with Crippen LogP contribution in [0.1, 0.15) is 0 Å². The zero-order chi connectivity index (χ0) is 9.19. The molecular weight excluding hydrogens is 269 g/mol. The maximum absolute atomic E-state index is 10.2. The molecule has 0 heterocycles. The molecule has 0 aliphatic heterocycles. The summed E-state index contributed by atoms with van der Waals surface area (Å²) in [7, 11) is -4.41. The Bertz CT molecular complexity index is 364. The van der Waals surface area contributed by atoms with Crippen molar-refractivity contribution in [3.8, 4) is 0 Å². The number of hydrogen-bond donors (Lipinski definition) is 1. The molecule has 1 aromatic carbocycles. The van der Waals surface area contributed by atoms with Gasteiger partial charge in [0.2, 0.25) is 0 Å². The summed E-state index contributed by atoms with van der Waals surface area (Å²) in [5.74, 6) is 0. The van der Waals surface area contributed by atoms with Crippen LogP contribution in [0, 0.1) is 0 Å². The Morgan fingerprint density at radius 1 is 1.23 bits per heavy atom. The van der Waals surface area contributed by atoms with Gasteiger partial charge in [0.15, 0.2) is 10.3 Å². The first-order valence-corrected chi connectivity index (χ1v) is 5.17. The Kier molecular flexibility index (Phi) is 5.50. The van der Waals surface area contributed by atoms with E-state index in [-0.39, 0.29) is 35.2 Å². The van der Waals surface area contributed by atoms with E-state index in [9.17, 15) is 13.0 Å². The van der Waals surface area contributed by atoms with E-state index in [1.54, 1.807) is 16.9 Å². The summed E-state index contributed by atoms with van der Waals surface area (Å²) in [6.07, 6.45) is 0. The summed E-state index contributed by atoms with van der Waals surface area (Å²) in [5.41, 5.74) is 0.258. The molecular formula is C6H5BrNNaO3S. The van der Waals surface area contributed by atoms with Gasteiger partial charge in [0.05, 0.1) is 0 Å². The Labute approximate surface area is 107 Å². The molecule has 66 valence electrons. The summed E-state index contributed by atoms with van der Waals surface area (Å²) in [4.78, 5) is 0. The molecule has 0 aliphatic rings. The van der Waals surface area contributed by atoms with Gasteiger partial charge in [-0.25, -0.2) is 8.42 Å². The van der Waals surface area contributed by atoms with Gasteiger partial charge in [-0.15, -0.1) is 0 Å². The van der Waals surface area contributed by atoms with Crippen LogP contribution in [0.15, 0.2) is 28.7 Å². The minimum atomic E-state index is -4.41. The van der Waals surface area contributed by atoms with Gasteiger partial charge in [0, 0.05) is 10.2 Å². The number of halogens is 1. The Hall–Kier alpha value is 0.410. The maximum atomic E-state index is 10.2. The smallest absolute Gasteiger partial charge is 0.731 e. The SMILES string of the molecule is O=S(=O)([O-])Nc1ccc(Br)cc1.[Na+]. The summed E-state index contributed by atoms with van der Waals surface area (Å²) >= 11 is 3.17. The zero-order valence-corrected chi connectivity index (χ0v) is 11.2. The summed E-state index contributed by atoms with van der Waals surface area (Å²) in [6.45, 7) is 0. The van der Waals surface area contributed by atoms with E-state index in [4.69, 9.17) is 0 Å². The van der Waals surface area contributed by atoms with Gasteiger partial charge >= 0.3 is 29.6 Å². The van der Waals surface area contributed by atoms with Crippen LogP contribution in [-0.4, -0.2) is 13.0 Å². The van der Waals surface area contributed by atoms with Crippen LogP contribution in [-0.2, 0) is 10.3 Å². The van der Waals surface area contributed by atoms with Crippen molar-refractivity contribution in [1.82, 2.24) is 0 Å². The van der Waals surface area contributed by atoms with Crippen LogP contribution in [0.2, 0.25) is 0 Å². The van der Waals surface area contributed by atoms with Crippen LogP contribution in [0.4, 0.5) is 5.69 Å². The number of nitrogens with one attached hydrogen (secondary N) is 1. The van der Waals surface area contributed by atoms with Crippen molar-refractivity contribution in [2.75, 3.05) is 4.72 Å². The first kappa shape index (κ1) is 13.4. The first-order chi connectivity index (χ1) is 5.47. The van der Waals surface area contributed by atoms with E-state index in [1.807, 2.05) is 0 Å². The van der Waals surface area contributed by atoms with Gasteiger partial charge < -0.3 is 4.55 Å². The zero-order valence-electron chi connectivity index (χ0n) is 6.82. The number of benzene rings is 1. The molecule has 1 N–H and O–H groups in total. The van der Waals surface area contributed by atoms with Crippen molar-refractivity contribution < 1.29 is 42.5 Å². The minimum absolute atomic E-state index is 0. The quantitative estimate of drug-likeness (QED) is 0.517. The van der Waals surface area contributed by atoms with E-state index < -0.39 is 10.3 Å². The number of anilines is 1. The minimum Gasteiger partial charge on any atom is -0.731 e. The topological polar surface area (TPSA) is 69.2 Å². The largest absolute Gasteiger partial charge is 1.00 e. The van der Waals surface area contributed by atoms with Crippen LogP contribution in [0.5, 0.6) is 0 Å². The molecule has 0 amide bonds. The second kappa shape index (κ2) is 5.33. The van der Waals surface area contributed by atoms with E-state index >= 15 is 0 Å². The molecule has 0 unspecified atom stereocenters. The molecule has 0 fully saturated rings. The van der Waals surface area contributed by atoms with Crippen molar-refractivity contribution >= 4 is 31.9 Å². The van der Waals surface area contributed by atoms with Gasteiger partial charge in [0.1, 0.15) is 0 Å². The summed E-state index contributed by atoms with van der Waals surface area (Å²) in [6, 6.07) is 6.24. The van der Waals surface area contributed by atoms with Crippen LogP contribution >= 0.6 is 15.9 Å². The average Bonchev–Trinajstić information content (AvgIpc) is 1.91. The van der Waals surface area contributed by atoms with Crippen LogP contribution < -0.4 is 34.3 Å². The molecule has 0 spiro atoms. The van der Waals surface area contributed by atoms with Crippen molar-refractivity contribution in [1.29, 1.82) is 0 Å². The van der Waals surface area contributed by atoms with E-state index in [0.29, 0.717) is 0 Å². The van der Waals surface area contributed by atoms with Crippen molar-refractivity contribution in [3.05, 3.63) is 28.7 Å². The van der Waals surface area contributed by atoms with Crippen LogP contribution in [0.25, 0.3) is 0 Å². The molecule has 0 aliphatic carbocycles. The normalized spacial score (nSPS) is 10.3. The second-order valence-corrected chi connectivity index (χ2v) is 4.09. The van der Waals surface area contributed by atoms with E-state index in [0.717, 1.165) is 4.47 Å². The molecule has 4 nitrogen and oxygen atoms in total. The Balaban J connectivity index is 0.00000144. The predicted octanol–water partition coefficient (Wildman–Crippen LogP) is -1.67. The second-order valence-electron chi connectivity index (χ2n) is 2.06.